The Hall–Kier alpha value is -4.35. The number of aromatic hydroxyl groups is 1. The van der Waals surface area contributed by atoms with Crippen molar-refractivity contribution < 1.29 is 41.4 Å². The SMILES string of the molecule is O=C(CNC(=O)c1ccccc1/N=N/c1ccc(O)cc1)Oc1c(F)c(F)c(F)c(F)c1F. The van der Waals surface area contributed by atoms with Gasteiger partial charge in [0.25, 0.3) is 5.91 Å². The van der Waals surface area contributed by atoms with Crippen molar-refractivity contribution in [2.75, 3.05) is 6.54 Å². The highest BCUT2D eigenvalue weighted by molar-refractivity contribution is 6.00. The molecule has 0 unspecified atom stereocenters. The molecule has 1 amide bonds. The maximum absolute atomic E-state index is 13.6. The lowest BCUT2D eigenvalue weighted by molar-refractivity contribution is -0.133. The van der Waals surface area contributed by atoms with Crippen LogP contribution in [0.4, 0.5) is 33.3 Å². The number of hydrogen-bond donors (Lipinski definition) is 2. The molecule has 0 saturated carbocycles. The van der Waals surface area contributed by atoms with Crippen molar-refractivity contribution >= 4 is 23.3 Å². The van der Waals surface area contributed by atoms with E-state index < -0.39 is 53.3 Å². The van der Waals surface area contributed by atoms with E-state index in [0.29, 0.717) is 5.69 Å². The van der Waals surface area contributed by atoms with Gasteiger partial charge in [-0.15, -0.1) is 5.11 Å². The average molecular weight is 465 g/mol. The molecule has 0 heterocycles. The molecule has 3 aromatic rings. The molecule has 0 spiro atoms. The average Bonchev–Trinajstić information content (AvgIpc) is 2.82. The molecular formula is C21H12F5N3O4. The Balaban J connectivity index is 1.70. The van der Waals surface area contributed by atoms with E-state index in [2.05, 4.69) is 20.3 Å². The van der Waals surface area contributed by atoms with Gasteiger partial charge < -0.3 is 15.2 Å². The number of rotatable bonds is 6. The Morgan fingerprint density at radius 2 is 1.39 bits per heavy atom. The van der Waals surface area contributed by atoms with Crippen molar-refractivity contribution in [1.29, 1.82) is 0 Å². The van der Waals surface area contributed by atoms with E-state index >= 15 is 0 Å². The third-order valence-corrected chi connectivity index (χ3v) is 4.05. The number of halogens is 5. The number of amides is 1. The molecule has 2 N–H and O–H groups in total. The molecular weight excluding hydrogens is 453 g/mol. The van der Waals surface area contributed by atoms with Crippen LogP contribution in [0.3, 0.4) is 0 Å². The molecule has 0 aliphatic rings. The molecule has 0 aliphatic heterocycles. The highest BCUT2D eigenvalue weighted by atomic mass is 19.2. The minimum atomic E-state index is -2.41. The standard InChI is InChI=1S/C21H12F5N3O4/c22-15-16(23)18(25)20(19(26)17(15)24)33-14(31)9-27-21(32)12-3-1-2-4-13(12)29-28-10-5-7-11(30)8-6-10/h1-8,30H,9H2,(H,27,32)/b29-28+. The lowest BCUT2D eigenvalue weighted by Gasteiger charge is -2.10. The summed E-state index contributed by atoms with van der Waals surface area (Å²) < 4.78 is 70.9. The first-order chi connectivity index (χ1) is 15.7. The molecule has 0 radical (unpaired) electrons. The van der Waals surface area contributed by atoms with Crippen molar-refractivity contribution in [2.24, 2.45) is 10.2 Å². The summed E-state index contributed by atoms with van der Waals surface area (Å²) in [5.41, 5.74) is 0.426. The van der Waals surface area contributed by atoms with Crippen LogP contribution in [0.25, 0.3) is 0 Å². The second kappa shape index (κ2) is 9.85. The molecule has 12 heteroatoms. The zero-order valence-corrected chi connectivity index (χ0v) is 16.3. The van der Waals surface area contributed by atoms with Crippen molar-refractivity contribution in [3.8, 4) is 11.5 Å². The van der Waals surface area contributed by atoms with Gasteiger partial charge in [-0.05, 0) is 36.4 Å². The largest absolute Gasteiger partial charge is 0.508 e. The fraction of sp³-hybridized carbons (Fsp3) is 0.0476. The molecule has 3 aromatic carbocycles. The van der Waals surface area contributed by atoms with Crippen molar-refractivity contribution in [3.05, 3.63) is 83.2 Å². The number of esters is 1. The van der Waals surface area contributed by atoms with Crippen LogP contribution < -0.4 is 10.1 Å². The zero-order chi connectivity index (χ0) is 24.1. The van der Waals surface area contributed by atoms with Crippen LogP contribution in [-0.2, 0) is 4.79 Å². The van der Waals surface area contributed by atoms with Crippen molar-refractivity contribution in [3.63, 3.8) is 0 Å². The zero-order valence-electron chi connectivity index (χ0n) is 16.3. The van der Waals surface area contributed by atoms with Crippen molar-refractivity contribution in [2.45, 2.75) is 0 Å². The van der Waals surface area contributed by atoms with Gasteiger partial charge in [0, 0.05) is 0 Å². The van der Waals surface area contributed by atoms with Crippen molar-refractivity contribution in [1.82, 2.24) is 5.32 Å². The molecule has 0 bridgehead atoms. The number of nitrogens with one attached hydrogen (secondary N) is 1. The summed E-state index contributed by atoms with van der Waals surface area (Å²) in [5.74, 6) is -15.7. The number of carbonyl (C=O) groups is 2. The smallest absolute Gasteiger partial charge is 0.331 e. The first kappa shape index (κ1) is 23.3. The van der Waals surface area contributed by atoms with E-state index in [4.69, 9.17) is 0 Å². The lowest BCUT2D eigenvalue weighted by atomic mass is 10.1. The summed E-state index contributed by atoms with van der Waals surface area (Å²) in [6.45, 7) is -0.957. The number of phenols is 1. The molecule has 0 fully saturated rings. The van der Waals surface area contributed by atoms with E-state index in [1.165, 1.54) is 42.5 Å². The van der Waals surface area contributed by atoms with Crippen LogP contribution in [0.1, 0.15) is 10.4 Å². The summed E-state index contributed by atoms with van der Waals surface area (Å²) in [4.78, 5) is 24.2. The van der Waals surface area contributed by atoms with E-state index in [-0.39, 0.29) is 17.0 Å². The molecule has 0 aliphatic carbocycles. The van der Waals surface area contributed by atoms with Gasteiger partial charge in [-0.1, -0.05) is 12.1 Å². The van der Waals surface area contributed by atoms with Crippen LogP contribution in [0, 0.1) is 29.1 Å². The van der Waals surface area contributed by atoms with Gasteiger partial charge in [-0.3, -0.25) is 4.79 Å². The number of phenolic OH excluding ortho intramolecular Hbond substituents is 1. The minimum absolute atomic E-state index is 0.0199. The summed E-state index contributed by atoms with van der Waals surface area (Å²) >= 11 is 0. The Kier molecular flexibility index (Phi) is 6.96. The second-order valence-corrected chi connectivity index (χ2v) is 6.29. The fourth-order valence-electron chi connectivity index (χ4n) is 2.46. The van der Waals surface area contributed by atoms with Gasteiger partial charge in [0.05, 0.1) is 16.9 Å². The maximum atomic E-state index is 13.6. The van der Waals surface area contributed by atoms with Crippen LogP contribution in [0.15, 0.2) is 58.8 Å². The predicted molar refractivity (Wildman–Crippen MR) is 103 cm³/mol. The molecule has 7 nitrogen and oxygen atoms in total. The molecule has 170 valence electrons. The van der Waals surface area contributed by atoms with Gasteiger partial charge >= 0.3 is 5.97 Å². The van der Waals surface area contributed by atoms with Gasteiger partial charge in [0.15, 0.2) is 0 Å². The number of azo groups is 1. The van der Waals surface area contributed by atoms with Crippen LogP contribution >= 0.6 is 0 Å². The van der Waals surface area contributed by atoms with E-state index in [0.717, 1.165) is 0 Å². The molecule has 33 heavy (non-hydrogen) atoms. The molecule has 3 rings (SSSR count). The highest BCUT2D eigenvalue weighted by Gasteiger charge is 2.28. The first-order valence-electron chi connectivity index (χ1n) is 8.99. The Morgan fingerprint density at radius 3 is 2.03 bits per heavy atom. The third-order valence-electron chi connectivity index (χ3n) is 4.05. The van der Waals surface area contributed by atoms with Crippen LogP contribution in [-0.4, -0.2) is 23.5 Å². The molecule has 0 atom stereocenters. The quantitative estimate of drug-likeness (QED) is 0.136. The highest BCUT2D eigenvalue weighted by Crippen LogP contribution is 2.29. The van der Waals surface area contributed by atoms with Gasteiger partial charge in [0.2, 0.25) is 34.8 Å². The third kappa shape index (κ3) is 5.29. The van der Waals surface area contributed by atoms with E-state index in [1.54, 1.807) is 6.07 Å². The van der Waals surface area contributed by atoms with Crippen LogP contribution in [0.5, 0.6) is 11.5 Å². The molecule has 0 aromatic heterocycles. The van der Waals surface area contributed by atoms with E-state index in [9.17, 15) is 36.6 Å². The summed E-state index contributed by atoms with van der Waals surface area (Å²) in [5, 5.41) is 19.2. The minimum Gasteiger partial charge on any atom is -0.508 e. The molecule has 0 saturated heterocycles. The number of benzene rings is 3. The fourth-order valence-corrected chi connectivity index (χ4v) is 2.46. The normalized spacial score (nSPS) is 10.9. The van der Waals surface area contributed by atoms with Gasteiger partial charge in [0.1, 0.15) is 12.3 Å². The van der Waals surface area contributed by atoms with Crippen LogP contribution in [0.2, 0.25) is 0 Å². The van der Waals surface area contributed by atoms with Gasteiger partial charge in [-0.2, -0.15) is 13.9 Å². The second-order valence-electron chi connectivity index (χ2n) is 6.29. The lowest BCUT2D eigenvalue weighted by Crippen LogP contribution is -2.32. The van der Waals surface area contributed by atoms with Gasteiger partial charge in [-0.25, -0.2) is 18.0 Å². The summed E-state index contributed by atoms with van der Waals surface area (Å²) in [6, 6.07) is 11.5. The van der Waals surface area contributed by atoms with E-state index in [1.807, 2.05) is 0 Å². The Morgan fingerprint density at radius 1 is 0.818 bits per heavy atom. The number of ether oxygens (including phenoxy) is 1. The monoisotopic (exact) mass is 465 g/mol. The summed E-state index contributed by atoms with van der Waals surface area (Å²) in [7, 11) is 0. The maximum Gasteiger partial charge on any atom is 0.331 e. The number of hydrogen-bond acceptors (Lipinski definition) is 6. The Bertz CT molecular complexity index is 1220. The Labute approximate surface area is 182 Å². The first-order valence-corrected chi connectivity index (χ1v) is 8.99. The topological polar surface area (TPSA) is 100 Å². The summed E-state index contributed by atoms with van der Waals surface area (Å²) in [6.07, 6.45) is 0. The number of nitrogens with zero attached hydrogens (tertiary/aromatic N) is 2. The predicted octanol–water partition coefficient (Wildman–Crippen LogP) is 4.84. The number of carbonyl (C=O) groups excluding carboxylic acids is 2.